The van der Waals surface area contributed by atoms with Gasteiger partial charge in [0.25, 0.3) is 0 Å². The SMILES string of the molecule is CCC(=O)Nc1ccc(NC(=O)CSc2nc3ncnc(N)c3[nH]2)cc1. The lowest BCUT2D eigenvalue weighted by molar-refractivity contribution is -0.116. The summed E-state index contributed by atoms with van der Waals surface area (Å²) in [7, 11) is 0. The minimum Gasteiger partial charge on any atom is -0.382 e. The van der Waals surface area contributed by atoms with Gasteiger partial charge in [0.15, 0.2) is 16.6 Å². The first-order valence-corrected chi connectivity index (χ1v) is 8.82. The van der Waals surface area contributed by atoms with Crippen molar-refractivity contribution in [3.05, 3.63) is 30.6 Å². The number of thioether (sulfide) groups is 1. The lowest BCUT2D eigenvalue weighted by Crippen LogP contribution is -2.14. The topological polar surface area (TPSA) is 139 Å². The molecule has 1 aromatic carbocycles. The van der Waals surface area contributed by atoms with Gasteiger partial charge in [-0.2, -0.15) is 0 Å². The number of amides is 2. The molecule has 2 aromatic heterocycles. The Balaban J connectivity index is 1.55. The van der Waals surface area contributed by atoms with Crippen LogP contribution in [0.25, 0.3) is 11.2 Å². The second kappa shape index (κ2) is 7.83. The number of hydrogen-bond donors (Lipinski definition) is 4. The molecule has 0 radical (unpaired) electrons. The summed E-state index contributed by atoms with van der Waals surface area (Å²) < 4.78 is 0. The summed E-state index contributed by atoms with van der Waals surface area (Å²) in [5.74, 6) is 0.241. The van der Waals surface area contributed by atoms with Gasteiger partial charge in [-0.25, -0.2) is 15.0 Å². The number of nitrogens with two attached hydrogens (primary N) is 1. The molecule has 0 unspecified atom stereocenters. The van der Waals surface area contributed by atoms with Crippen LogP contribution >= 0.6 is 11.8 Å². The Kier molecular flexibility index (Phi) is 5.32. The quantitative estimate of drug-likeness (QED) is 0.486. The Morgan fingerprint density at radius 2 is 1.77 bits per heavy atom. The van der Waals surface area contributed by atoms with Gasteiger partial charge < -0.3 is 21.4 Å². The minimum atomic E-state index is -0.181. The maximum atomic E-state index is 12.1. The molecule has 0 atom stereocenters. The number of carbonyl (C=O) groups is 2. The van der Waals surface area contributed by atoms with Crippen LogP contribution in [0.3, 0.4) is 0 Å². The van der Waals surface area contributed by atoms with E-state index in [4.69, 9.17) is 5.73 Å². The first-order chi connectivity index (χ1) is 12.5. The number of anilines is 3. The zero-order valence-electron chi connectivity index (χ0n) is 13.9. The average Bonchev–Trinajstić information content (AvgIpc) is 3.06. The highest BCUT2D eigenvalue weighted by Crippen LogP contribution is 2.21. The van der Waals surface area contributed by atoms with E-state index in [0.29, 0.717) is 39.9 Å². The number of imidazole rings is 1. The largest absolute Gasteiger partial charge is 0.382 e. The first kappa shape index (κ1) is 17.7. The molecule has 0 saturated carbocycles. The van der Waals surface area contributed by atoms with Gasteiger partial charge in [0, 0.05) is 17.8 Å². The molecular formula is C16H17N7O2S. The highest BCUT2D eigenvalue weighted by molar-refractivity contribution is 7.99. The van der Waals surface area contributed by atoms with Crippen molar-refractivity contribution in [2.24, 2.45) is 0 Å². The number of fused-ring (bicyclic) bond motifs is 1. The Labute approximate surface area is 153 Å². The van der Waals surface area contributed by atoms with Gasteiger partial charge in [-0.1, -0.05) is 18.7 Å². The number of aromatic nitrogens is 4. The molecule has 2 heterocycles. The summed E-state index contributed by atoms with van der Waals surface area (Å²) in [5, 5.41) is 6.07. The molecule has 0 aliphatic rings. The van der Waals surface area contributed by atoms with Gasteiger partial charge in [0.05, 0.1) is 5.75 Å². The Bertz CT molecular complexity index is 939. The molecule has 3 aromatic rings. The highest BCUT2D eigenvalue weighted by Gasteiger charge is 2.10. The number of benzene rings is 1. The Hall–Kier alpha value is -3.14. The van der Waals surface area contributed by atoms with Crippen molar-refractivity contribution >= 4 is 51.9 Å². The van der Waals surface area contributed by atoms with E-state index in [1.165, 1.54) is 18.1 Å². The van der Waals surface area contributed by atoms with E-state index in [1.807, 2.05) is 0 Å². The summed E-state index contributed by atoms with van der Waals surface area (Å²) in [6.07, 6.45) is 1.75. The first-order valence-electron chi connectivity index (χ1n) is 7.84. The van der Waals surface area contributed by atoms with E-state index >= 15 is 0 Å². The summed E-state index contributed by atoms with van der Waals surface area (Å²) in [6.45, 7) is 1.78. The van der Waals surface area contributed by atoms with Crippen LogP contribution in [0.1, 0.15) is 13.3 Å². The normalized spacial score (nSPS) is 10.7. The zero-order valence-corrected chi connectivity index (χ0v) is 14.8. The molecule has 0 spiro atoms. The summed E-state index contributed by atoms with van der Waals surface area (Å²) >= 11 is 1.24. The van der Waals surface area contributed by atoms with Gasteiger partial charge in [-0.3, -0.25) is 9.59 Å². The van der Waals surface area contributed by atoms with E-state index in [1.54, 1.807) is 31.2 Å². The fourth-order valence-corrected chi connectivity index (χ4v) is 2.78. The van der Waals surface area contributed by atoms with Gasteiger partial charge in [-0.15, -0.1) is 0 Å². The van der Waals surface area contributed by atoms with Crippen LogP contribution in [0.5, 0.6) is 0 Å². The molecule has 0 saturated heterocycles. The fraction of sp³-hybridized carbons (Fsp3) is 0.188. The molecule has 0 aliphatic heterocycles. The van der Waals surface area contributed by atoms with Crippen molar-refractivity contribution < 1.29 is 9.59 Å². The second-order valence-corrected chi connectivity index (χ2v) is 6.28. The monoisotopic (exact) mass is 371 g/mol. The predicted octanol–water partition coefficient (Wildman–Crippen LogP) is 2.01. The van der Waals surface area contributed by atoms with E-state index in [9.17, 15) is 9.59 Å². The van der Waals surface area contributed by atoms with Crippen LogP contribution in [0, 0.1) is 0 Å². The molecule has 0 bridgehead atoms. The summed E-state index contributed by atoms with van der Waals surface area (Å²) in [4.78, 5) is 38.6. The molecule has 134 valence electrons. The molecule has 0 aliphatic carbocycles. The van der Waals surface area contributed by atoms with Crippen molar-refractivity contribution in [2.75, 3.05) is 22.1 Å². The average molecular weight is 371 g/mol. The molecule has 0 fully saturated rings. The Morgan fingerprint density at radius 1 is 1.12 bits per heavy atom. The number of aromatic amines is 1. The van der Waals surface area contributed by atoms with Crippen molar-refractivity contribution in [3.63, 3.8) is 0 Å². The smallest absolute Gasteiger partial charge is 0.234 e. The van der Waals surface area contributed by atoms with Gasteiger partial charge >= 0.3 is 0 Å². The molecular weight excluding hydrogens is 354 g/mol. The molecule has 26 heavy (non-hydrogen) atoms. The van der Waals surface area contributed by atoms with Crippen molar-refractivity contribution in [2.45, 2.75) is 18.5 Å². The van der Waals surface area contributed by atoms with Crippen LogP contribution in [-0.2, 0) is 9.59 Å². The third-order valence-electron chi connectivity index (χ3n) is 3.41. The van der Waals surface area contributed by atoms with Crippen molar-refractivity contribution in [1.82, 2.24) is 19.9 Å². The lowest BCUT2D eigenvalue weighted by Gasteiger charge is -2.07. The minimum absolute atomic E-state index is 0.0608. The number of hydrogen-bond acceptors (Lipinski definition) is 7. The summed E-state index contributed by atoms with van der Waals surface area (Å²) in [6, 6.07) is 6.92. The van der Waals surface area contributed by atoms with Crippen LogP contribution in [0.2, 0.25) is 0 Å². The number of H-pyrrole nitrogens is 1. The highest BCUT2D eigenvalue weighted by atomic mass is 32.2. The number of nitrogens with one attached hydrogen (secondary N) is 3. The van der Waals surface area contributed by atoms with Crippen LogP contribution in [-0.4, -0.2) is 37.5 Å². The van der Waals surface area contributed by atoms with E-state index in [2.05, 4.69) is 30.6 Å². The molecule has 3 rings (SSSR count). The number of nitrogen functional groups attached to an aromatic ring is 1. The fourth-order valence-electron chi connectivity index (χ4n) is 2.11. The van der Waals surface area contributed by atoms with Crippen LogP contribution in [0.15, 0.2) is 35.7 Å². The number of rotatable bonds is 6. The predicted molar refractivity (Wildman–Crippen MR) is 101 cm³/mol. The van der Waals surface area contributed by atoms with Gasteiger partial charge in [-0.05, 0) is 24.3 Å². The maximum Gasteiger partial charge on any atom is 0.234 e. The molecule has 10 heteroatoms. The maximum absolute atomic E-state index is 12.1. The molecule has 5 N–H and O–H groups in total. The lowest BCUT2D eigenvalue weighted by atomic mass is 10.2. The third-order valence-corrected chi connectivity index (χ3v) is 4.28. The van der Waals surface area contributed by atoms with E-state index in [0.717, 1.165) is 0 Å². The zero-order chi connectivity index (χ0) is 18.5. The van der Waals surface area contributed by atoms with E-state index < -0.39 is 0 Å². The Morgan fingerprint density at radius 3 is 2.38 bits per heavy atom. The third kappa shape index (κ3) is 4.28. The number of nitrogens with zero attached hydrogens (tertiary/aromatic N) is 3. The molecule has 2 amide bonds. The van der Waals surface area contributed by atoms with E-state index in [-0.39, 0.29) is 17.6 Å². The summed E-state index contributed by atoms with van der Waals surface area (Å²) in [5.41, 5.74) is 8.09. The van der Waals surface area contributed by atoms with Crippen LogP contribution in [0.4, 0.5) is 17.2 Å². The van der Waals surface area contributed by atoms with Crippen molar-refractivity contribution in [1.29, 1.82) is 0 Å². The van der Waals surface area contributed by atoms with Crippen LogP contribution < -0.4 is 16.4 Å². The number of carbonyl (C=O) groups excluding carboxylic acids is 2. The van der Waals surface area contributed by atoms with Crippen molar-refractivity contribution in [3.8, 4) is 0 Å². The van der Waals surface area contributed by atoms with Gasteiger partial charge in [0.2, 0.25) is 11.8 Å². The van der Waals surface area contributed by atoms with Gasteiger partial charge in [0.1, 0.15) is 11.8 Å². The standard InChI is InChI=1S/C16H17N7O2S/c1-2-11(24)20-9-3-5-10(6-4-9)21-12(25)7-26-16-22-13-14(17)18-8-19-15(13)23-16/h3-6,8H,2,7H2,1H3,(H,20,24)(H,21,25)(H3,17,18,19,22,23). The molecule has 9 nitrogen and oxygen atoms in total. The second-order valence-electron chi connectivity index (χ2n) is 5.32.